The first-order valence-electron chi connectivity index (χ1n) is 9.65. The minimum Gasteiger partial charge on any atom is -0.344 e. The van der Waals surface area contributed by atoms with E-state index in [1.54, 1.807) is 19.1 Å². The summed E-state index contributed by atoms with van der Waals surface area (Å²) in [5.41, 5.74) is 2.68. The Morgan fingerprint density at radius 1 is 1.16 bits per heavy atom. The number of carbonyl (C=O) groups is 1. The molecule has 10 heteroatoms. The Balaban J connectivity index is 1.63. The van der Waals surface area contributed by atoms with E-state index >= 15 is 0 Å². The Labute approximate surface area is 177 Å². The highest BCUT2D eigenvalue weighted by atomic mass is 32.2. The molecule has 1 heterocycles. The number of primary sulfonamides is 1. The number of fused-ring (bicyclic) bond motifs is 1. The number of nitrogens with zero attached hydrogens (tertiary/aromatic N) is 2. The van der Waals surface area contributed by atoms with E-state index in [1.165, 1.54) is 22.9 Å². The Kier molecular flexibility index (Phi) is 5.36. The maximum atomic E-state index is 13.7. The highest BCUT2D eigenvalue weighted by molar-refractivity contribution is 7.89. The Morgan fingerprint density at radius 2 is 1.94 bits per heavy atom. The molecule has 1 amide bonds. The molecule has 0 aliphatic heterocycles. The average Bonchev–Trinajstić information content (AvgIpc) is 3.32. The van der Waals surface area contributed by atoms with Crippen molar-refractivity contribution < 1.29 is 22.0 Å². The second-order valence-electron chi connectivity index (χ2n) is 7.45. The van der Waals surface area contributed by atoms with Gasteiger partial charge < -0.3 is 5.32 Å². The van der Waals surface area contributed by atoms with Crippen molar-refractivity contribution in [3.63, 3.8) is 0 Å². The molecule has 0 saturated carbocycles. The van der Waals surface area contributed by atoms with Crippen molar-refractivity contribution in [2.45, 2.75) is 37.1 Å². The van der Waals surface area contributed by atoms with Crippen molar-refractivity contribution in [3.8, 4) is 5.69 Å². The van der Waals surface area contributed by atoms with Gasteiger partial charge in [0.1, 0.15) is 0 Å². The first-order chi connectivity index (χ1) is 14.6. The third-order valence-corrected chi connectivity index (χ3v) is 6.24. The number of nitrogens with one attached hydrogen (secondary N) is 1. The number of amides is 1. The van der Waals surface area contributed by atoms with Crippen molar-refractivity contribution in [3.05, 3.63) is 76.6 Å². The highest BCUT2D eigenvalue weighted by Crippen LogP contribution is 2.29. The summed E-state index contributed by atoms with van der Waals surface area (Å²) < 4.78 is 51.7. The molecule has 1 unspecified atom stereocenters. The molecule has 1 atom stereocenters. The maximum Gasteiger partial charge on any atom is 0.272 e. The van der Waals surface area contributed by atoms with Gasteiger partial charge >= 0.3 is 0 Å². The third kappa shape index (κ3) is 4.08. The van der Waals surface area contributed by atoms with Crippen LogP contribution in [-0.2, 0) is 22.9 Å². The van der Waals surface area contributed by atoms with E-state index in [0.29, 0.717) is 24.1 Å². The summed E-state index contributed by atoms with van der Waals surface area (Å²) in [7, 11) is -3.87. The topological polar surface area (TPSA) is 107 Å². The first kappa shape index (κ1) is 21.1. The standard InChI is InChI=1S/C21H20F2N4O3S/c1-12(13-4-2-5-15(10-13)31(24,29)30)25-21(28)20-16-6-3-7-19(16)27(26-20)14-8-9-17(22)18(23)11-14/h2,4-5,8-12H,3,6-7H2,1H3,(H,25,28)(H2,24,29,30). The quantitative estimate of drug-likeness (QED) is 0.628. The Morgan fingerprint density at radius 3 is 2.65 bits per heavy atom. The summed E-state index contributed by atoms with van der Waals surface area (Å²) in [6, 6.07) is 8.98. The molecular formula is C21H20F2N4O3S. The number of rotatable bonds is 5. The average molecular weight is 446 g/mol. The van der Waals surface area contributed by atoms with Crippen molar-refractivity contribution >= 4 is 15.9 Å². The molecule has 3 N–H and O–H groups in total. The lowest BCUT2D eigenvalue weighted by molar-refractivity contribution is 0.0933. The lowest BCUT2D eigenvalue weighted by Gasteiger charge is -2.14. The summed E-state index contributed by atoms with van der Waals surface area (Å²) in [6.07, 6.45) is 2.14. The maximum absolute atomic E-state index is 13.7. The molecule has 0 radical (unpaired) electrons. The molecule has 162 valence electrons. The van der Waals surface area contributed by atoms with Gasteiger partial charge in [-0.1, -0.05) is 12.1 Å². The van der Waals surface area contributed by atoms with Gasteiger partial charge in [0.25, 0.3) is 5.91 Å². The van der Waals surface area contributed by atoms with Crippen LogP contribution in [0.1, 0.15) is 46.7 Å². The third-order valence-electron chi connectivity index (χ3n) is 5.33. The molecule has 0 bridgehead atoms. The van der Waals surface area contributed by atoms with E-state index in [-0.39, 0.29) is 10.6 Å². The van der Waals surface area contributed by atoms with Gasteiger partial charge in [0.15, 0.2) is 17.3 Å². The van der Waals surface area contributed by atoms with Crippen LogP contribution in [0.25, 0.3) is 5.69 Å². The van der Waals surface area contributed by atoms with Crippen LogP contribution in [0.15, 0.2) is 47.4 Å². The van der Waals surface area contributed by atoms with Crippen LogP contribution in [0, 0.1) is 11.6 Å². The number of hydrogen-bond acceptors (Lipinski definition) is 4. The Hall–Kier alpha value is -3.11. The van der Waals surface area contributed by atoms with Gasteiger partial charge in [-0.05, 0) is 56.0 Å². The zero-order chi connectivity index (χ0) is 22.3. The van der Waals surface area contributed by atoms with E-state index < -0.39 is 33.6 Å². The minimum atomic E-state index is -3.87. The molecule has 3 aromatic rings. The van der Waals surface area contributed by atoms with E-state index in [1.807, 2.05) is 0 Å². The lowest BCUT2D eigenvalue weighted by Crippen LogP contribution is -2.28. The van der Waals surface area contributed by atoms with Crippen molar-refractivity contribution in [2.24, 2.45) is 5.14 Å². The summed E-state index contributed by atoms with van der Waals surface area (Å²) in [4.78, 5) is 12.9. The summed E-state index contributed by atoms with van der Waals surface area (Å²) in [5.74, 6) is -2.39. The zero-order valence-corrected chi connectivity index (χ0v) is 17.4. The largest absolute Gasteiger partial charge is 0.344 e. The van der Waals surface area contributed by atoms with Crippen molar-refractivity contribution in [2.75, 3.05) is 0 Å². The van der Waals surface area contributed by atoms with Crippen LogP contribution in [0.4, 0.5) is 8.78 Å². The first-order valence-corrected chi connectivity index (χ1v) is 11.2. The Bertz CT molecular complexity index is 1290. The van der Waals surface area contributed by atoms with Crippen LogP contribution in [0.5, 0.6) is 0 Å². The monoisotopic (exact) mass is 446 g/mol. The molecule has 7 nitrogen and oxygen atoms in total. The van der Waals surface area contributed by atoms with E-state index in [2.05, 4.69) is 10.4 Å². The highest BCUT2D eigenvalue weighted by Gasteiger charge is 2.28. The van der Waals surface area contributed by atoms with Crippen molar-refractivity contribution in [1.29, 1.82) is 0 Å². The fraction of sp³-hybridized carbons (Fsp3) is 0.238. The van der Waals surface area contributed by atoms with E-state index in [0.717, 1.165) is 29.8 Å². The fourth-order valence-corrected chi connectivity index (χ4v) is 4.33. The minimum absolute atomic E-state index is 0.0467. The number of halogens is 2. The predicted molar refractivity (Wildman–Crippen MR) is 109 cm³/mol. The molecule has 4 rings (SSSR count). The van der Waals surface area contributed by atoms with Crippen LogP contribution >= 0.6 is 0 Å². The van der Waals surface area contributed by atoms with Crippen LogP contribution < -0.4 is 10.5 Å². The van der Waals surface area contributed by atoms with E-state index in [9.17, 15) is 22.0 Å². The second kappa shape index (κ2) is 7.86. The number of carbonyl (C=O) groups excluding carboxylic acids is 1. The van der Waals surface area contributed by atoms with Gasteiger partial charge in [-0.25, -0.2) is 27.0 Å². The lowest BCUT2D eigenvalue weighted by atomic mass is 10.1. The summed E-state index contributed by atoms with van der Waals surface area (Å²) >= 11 is 0. The van der Waals surface area contributed by atoms with Crippen LogP contribution in [0.3, 0.4) is 0 Å². The normalized spacial score (nSPS) is 14.3. The number of nitrogens with two attached hydrogens (primary N) is 1. The fourth-order valence-electron chi connectivity index (χ4n) is 3.76. The zero-order valence-electron chi connectivity index (χ0n) is 16.6. The smallest absolute Gasteiger partial charge is 0.272 e. The van der Waals surface area contributed by atoms with Gasteiger partial charge in [-0.3, -0.25) is 4.79 Å². The molecule has 2 aromatic carbocycles. The molecule has 0 spiro atoms. The second-order valence-corrected chi connectivity index (χ2v) is 9.01. The molecule has 0 fully saturated rings. The number of aromatic nitrogens is 2. The molecular weight excluding hydrogens is 426 g/mol. The van der Waals surface area contributed by atoms with Gasteiger partial charge in [0.05, 0.1) is 16.6 Å². The molecule has 1 aromatic heterocycles. The summed E-state index contributed by atoms with van der Waals surface area (Å²) in [5, 5.41) is 12.4. The number of hydrogen-bond donors (Lipinski definition) is 2. The number of sulfonamides is 1. The van der Waals surface area contributed by atoms with Crippen molar-refractivity contribution in [1.82, 2.24) is 15.1 Å². The molecule has 0 saturated heterocycles. The van der Waals surface area contributed by atoms with Crippen LogP contribution in [0.2, 0.25) is 0 Å². The van der Waals surface area contributed by atoms with Crippen LogP contribution in [-0.4, -0.2) is 24.1 Å². The van der Waals surface area contributed by atoms with Gasteiger partial charge in [0, 0.05) is 17.3 Å². The molecule has 1 aliphatic rings. The predicted octanol–water partition coefficient (Wildman–Crippen LogP) is 2.78. The number of benzene rings is 2. The van der Waals surface area contributed by atoms with Gasteiger partial charge in [-0.15, -0.1) is 0 Å². The SMILES string of the molecule is CC(NC(=O)c1nn(-c2ccc(F)c(F)c2)c2c1CCC2)c1cccc(S(N)(=O)=O)c1. The van der Waals surface area contributed by atoms with Gasteiger partial charge in [0.2, 0.25) is 10.0 Å². The van der Waals surface area contributed by atoms with Gasteiger partial charge in [-0.2, -0.15) is 5.10 Å². The van der Waals surface area contributed by atoms with E-state index in [4.69, 9.17) is 5.14 Å². The molecule has 31 heavy (non-hydrogen) atoms. The summed E-state index contributed by atoms with van der Waals surface area (Å²) in [6.45, 7) is 1.71. The molecule has 1 aliphatic carbocycles.